The molecule has 2 aromatic carbocycles. The lowest BCUT2D eigenvalue weighted by Gasteiger charge is -2.13. The SMILES string of the molecule is CCc1ccc(OC(C)C)c(C=CC(=O)c2ccc(C(=O)N(C)C)cc2)c1. The molecule has 0 aliphatic heterocycles. The maximum atomic E-state index is 12.5. The summed E-state index contributed by atoms with van der Waals surface area (Å²) < 4.78 is 5.84. The van der Waals surface area contributed by atoms with E-state index in [-0.39, 0.29) is 17.8 Å². The predicted octanol–water partition coefficient (Wildman–Crippen LogP) is 4.63. The van der Waals surface area contributed by atoms with Crippen LogP contribution in [0.3, 0.4) is 0 Å². The van der Waals surface area contributed by atoms with E-state index in [1.807, 2.05) is 32.0 Å². The number of carbonyl (C=O) groups is 2. The molecule has 4 nitrogen and oxygen atoms in total. The molecule has 0 saturated carbocycles. The highest BCUT2D eigenvalue weighted by Gasteiger charge is 2.10. The van der Waals surface area contributed by atoms with Crippen molar-refractivity contribution in [2.45, 2.75) is 33.3 Å². The summed E-state index contributed by atoms with van der Waals surface area (Å²) in [6.45, 7) is 6.04. The van der Waals surface area contributed by atoms with E-state index < -0.39 is 0 Å². The molecule has 2 rings (SSSR count). The number of aryl methyl sites for hydroxylation is 1. The lowest BCUT2D eigenvalue weighted by Crippen LogP contribution is -2.21. The highest BCUT2D eigenvalue weighted by molar-refractivity contribution is 6.07. The first-order valence-corrected chi connectivity index (χ1v) is 9.15. The van der Waals surface area contributed by atoms with Crippen molar-refractivity contribution in [3.8, 4) is 5.75 Å². The van der Waals surface area contributed by atoms with Crippen molar-refractivity contribution in [3.05, 3.63) is 70.8 Å². The maximum absolute atomic E-state index is 12.5. The third-order valence-electron chi connectivity index (χ3n) is 4.08. The smallest absolute Gasteiger partial charge is 0.253 e. The summed E-state index contributed by atoms with van der Waals surface area (Å²) in [5, 5.41) is 0. The number of ether oxygens (including phenoxy) is 1. The Morgan fingerprint density at radius 2 is 1.67 bits per heavy atom. The molecule has 27 heavy (non-hydrogen) atoms. The van der Waals surface area contributed by atoms with E-state index in [1.165, 1.54) is 10.5 Å². The first-order valence-electron chi connectivity index (χ1n) is 9.15. The van der Waals surface area contributed by atoms with Crippen LogP contribution in [0.15, 0.2) is 48.5 Å². The molecule has 0 aromatic heterocycles. The quantitative estimate of drug-likeness (QED) is 0.531. The minimum Gasteiger partial charge on any atom is -0.490 e. The van der Waals surface area contributed by atoms with Gasteiger partial charge in [-0.15, -0.1) is 0 Å². The Hall–Kier alpha value is -2.88. The standard InChI is InChI=1S/C23H27NO3/c1-6-17-7-14-22(27-16(2)3)20(15-17)12-13-21(25)18-8-10-19(11-9-18)23(26)24(4)5/h7-16H,6H2,1-5H3. The van der Waals surface area contributed by atoms with Gasteiger partial charge in [0.05, 0.1) is 6.10 Å². The molecule has 0 bridgehead atoms. The van der Waals surface area contributed by atoms with Gasteiger partial charge in [0, 0.05) is 30.8 Å². The van der Waals surface area contributed by atoms with E-state index >= 15 is 0 Å². The molecular formula is C23H27NO3. The van der Waals surface area contributed by atoms with Crippen molar-refractivity contribution >= 4 is 17.8 Å². The van der Waals surface area contributed by atoms with Gasteiger partial charge in [0.15, 0.2) is 5.78 Å². The van der Waals surface area contributed by atoms with Crippen LogP contribution in [0.5, 0.6) is 5.75 Å². The molecular weight excluding hydrogens is 338 g/mol. The van der Waals surface area contributed by atoms with Crippen molar-refractivity contribution in [1.29, 1.82) is 0 Å². The zero-order chi connectivity index (χ0) is 20.0. The van der Waals surface area contributed by atoms with Crippen LogP contribution in [-0.4, -0.2) is 36.8 Å². The number of ketones is 1. The first kappa shape index (κ1) is 20.4. The van der Waals surface area contributed by atoms with Gasteiger partial charge in [-0.25, -0.2) is 0 Å². The van der Waals surface area contributed by atoms with Crippen molar-refractivity contribution in [1.82, 2.24) is 4.90 Å². The Balaban J connectivity index is 2.22. The van der Waals surface area contributed by atoms with Crippen LogP contribution in [0, 0.1) is 0 Å². The van der Waals surface area contributed by atoms with Gasteiger partial charge in [0.25, 0.3) is 5.91 Å². The second-order valence-corrected chi connectivity index (χ2v) is 6.87. The fraction of sp³-hybridized carbons (Fsp3) is 0.304. The summed E-state index contributed by atoms with van der Waals surface area (Å²) >= 11 is 0. The fourth-order valence-corrected chi connectivity index (χ4v) is 2.61. The molecule has 0 spiro atoms. The van der Waals surface area contributed by atoms with Gasteiger partial charge in [-0.1, -0.05) is 25.1 Å². The van der Waals surface area contributed by atoms with Gasteiger partial charge in [-0.05, 0) is 62.2 Å². The van der Waals surface area contributed by atoms with E-state index in [1.54, 1.807) is 50.5 Å². The molecule has 0 aliphatic carbocycles. The number of benzene rings is 2. The molecule has 1 amide bonds. The molecule has 0 fully saturated rings. The highest BCUT2D eigenvalue weighted by Crippen LogP contribution is 2.23. The Morgan fingerprint density at radius 3 is 2.22 bits per heavy atom. The zero-order valence-electron chi connectivity index (χ0n) is 16.7. The summed E-state index contributed by atoms with van der Waals surface area (Å²) in [6.07, 6.45) is 4.31. The minimum absolute atomic E-state index is 0.0575. The predicted molar refractivity (Wildman–Crippen MR) is 109 cm³/mol. The van der Waals surface area contributed by atoms with E-state index in [4.69, 9.17) is 4.74 Å². The van der Waals surface area contributed by atoms with Crippen LogP contribution >= 0.6 is 0 Å². The lowest BCUT2D eigenvalue weighted by atomic mass is 10.0. The third kappa shape index (κ3) is 5.55. The Morgan fingerprint density at radius 1 is 1.04 bits per heavy atom. The molecule has 0 heterocycles. The molecule has 0 N–H and O–H groups in total. The number of hydrogen-bond acceptors (Lipinski definition) is 3. The number of nitrogens with zero attached hydrogens (tertiary/aromatic N) is 1. The van der Waals surface area contributed by atoms with Crippen LogP contribution in [0.1, 0.15) is 52.6 Å². The number of amides is 1. The largest absolute Gasteiger partial charge is 0.490 e. The molecule has 0 aliphatic rings. The van der Waals surface area contributed by atoms with Crippen LogP contribution < -0.4 is 4.74 Å². The van der Waals surface area contributed by atoms with Gasteiger partial charge in [0.1, 0.15) is 5.75 Å². The average Bonchev–Trinajstić information content (AvgIpc) is 2.66. The second kappa shape index (κ2) is 9.17. The topological polar surface area (TPSA) is 46.6 Å². The number of hydrogen-bond donors (Lipinski definition) is 0. The number of carbonyl (C=O) groups excluding carboxylic acids is 2. The van der Waals surface area contributed by atoms with Crippen molar-refractivity contribution in [2.75, 3.05) is 14.1 Å². The van der Waals surface area contributed by atoms with E-state index in [0.29, 0.717) is 11.1 Å². The molecule has 2 aromatic rings. The van der Waals surface area contributed by atoms with Gasteiger partial charge in [-0.2, -0.15) is 0 Å². The van der Waals surface area contributed by atoms with Crippen LogP contribution in [0.2, 0.25) is 0 Å². The summed E-state index contributed by atoms with van der Waals surface area (Å²) in [4.78, 5) is 25.9. The monoisotopic (exact) mass is 365 g/mol. The summed E-state index contributed by atoms with van der Waals surface area (Å²) in [5.74, 6) is 0.561. The molecule has 0 radical (unpaired) electrons. The molecule has 4 heteroatoms. The second-order valence-electron chi connectivity index (χ2n) is 6.87. The molecule has 0 atom stereocenters. The normalized spacial score (nSPS) is 11.0. The number of allylic oxidation sites excluding steroid dienone is 1. The maximum Gasteiger partial charge on any atom is 0.253 e. The zero-order valence-corrected chi connectivity index (χ0v) is 16.7. The molecule has 142 valence electrons. The Kier molecular flexibility index (Phi) is 6.94. The van der Waals surface area contributed by atoms with E-state index in [2.05, 4.69) is 6.92 Å². The fourth-order valence-electron chi connectivity index (χ4n) is 2.61. The van der Waals surface area contributed by atoms with Crippen molar-refractivity contribution in [3.63, 3.8) is 0 Å². The average molecular weight is 365 g/mol. The van der Waals surface area contributed by atoms with Gasteiger partial charge in [-0.3, -0.25) is 9.59 Å². The third-order valence-corrected chi connectivity index (χ3v) is 4.08. The van der Waals surface area contributed by atoms with E-state index in [9.17, 15) is 9.59 Å². The molecule has 0 unspecified atom stereocenters. The van der Waals surface area contributed by atoms with Crippen LogP contribution in [0.4, 0.5) is 0 Å². The van der Waals surface area contributed by atoms with Crippen LogP contribution in [0.25, 0.3) is 6.08 Å². The highest BCUT2D eigenvalue weighted by atomic mass is 16.5. The lowest BCUT2D eigenvalue weighted by molar-refractivity contribution is 0.0827. The van der Waals surface area contributed by atoms with Gasteiger partial charge < -0.3 is 9.64 Å². The summed E-state index contributed by atoms with van der Waals surface area (Å²) in [5.41, 5.74) is 3.17. The number of rotatable bonds is 7. The Bertz CT molecular complexity index is 833. The van der Waals surface area contributed by atoms with Gasteiger partial charge >= 0.3 is 0 Å². The van der Waals surface area contributed by atoms with E-state index in [0.717, 1.165) is 17.7 Å². The Labute approximate surface area is 161 Å². The summed E-state index contributed by atoms with van der Waals surface area (Å²) in [7, 11) is 3.40. The minimum atomic E-state index is -0.115. The van der Waals surface area contributed by atoms with Gasteiger partial charge in [0.2, 0.25) is 0 Å². The summed E-state index contributed by atoms with van der Waals surface area (Å²) in [6, 6.07) is 12.7. The van der Waals surface area contributed by atoms with Crippen molar-refractivity contribution < 1.29 is 14.3 Å². The first-order chi connectivity index (χ1) is 12.8. The molecule has 0 saturated heterocycles. The van der Waals surface area contributed by atoms with Crippen LogP contribution in [-0.2, 0) is 6.42 Å². The van der Waals surface area contributed by atoms with Crippen molar-refractivity contribution in [2.24, 2.45) is 0 Å².